The summed E-state index contributed by atoms with van der Waals surface area (Å²) >= 11 is 0. The van der Waals surface area contributed by atoms with Gasteiger partial charge in [-0.05, 0) is 12.1 Å². The zero-order chi connectivity index (χ0) is 11.5. The Labute approximate surface area is 89.1 Å². The number of carbonyl (C=O) groups is 1. The summed E-state index contributed by atoms with van der Waals surface area (Å²) in [5.41, 5.74) is -0.730. The topological polar surface area (TPSA) is 26.3 Å². The zero-order valence-corrected chi connectivity index (χ0v) is 9.16. The van der Waals surface area contributed by atoms with Gasteiger partial charge in [0.2, 0.25) is 6.17 Å². The lowest BCUT2D eigenvalue weighted by molar-refractivity contribution is -0.143. The number of hydrogen-bond acceptors (Lipinski definition) is 2. The number of rotatable bonds is 2. The minimum Gasteiger partial charge on any atom is -0.424 e. The summed E-state index contributed by atoms with van der Waals surface area (Å²) in [4.78, 5) is 11.4. The lowest BCUT2D eigenvalue weighted by atomic mass is 9.90. The van der Waals surface area contributed by atoms with Crippen LogP contribution in [-0.4, -0.2) is 12.1 Å². The molecule has 0 N–H and O–H groups in total. The van der Waals surface area contributed by atoms with Gasteiger partial charge in [-0.25, -0.2) is 9.18 Å². The third kappa shape index (κ3) is 3.35. The third-order valence-electron chi connectivity index (χ3n) is 1.93. The van der Waals surface area contributed by atoms with Crippen LogP contribution in [0.15, 0.2) is 30.3 Å². The van der Waals surface area contributed by atoms with E-state index in [0.29, 0.717) is 5.75 Å². The van der Waals surface area contributed by atoms with Crippen LogP contribution in [0.25, 0.3) is 0 Å². The molecule has 0 bridgehead atoms. The first-order valence-electron chi connectivity index (χ1n) is 4.82. The number of halogens is 1. The molecule has 1 aromatic carbocycles. The van der Waals surface area contributed by atoms with Crippen LogP contribution in [0.5, 0.6) is 5.75 Å². The van der Waals surface area contributed by atoms with Crippen LogP contribution < -0.4 is 4.74 Å². The highest BCUT2D eigenvalue weighted by Crippen LogP contribution is 2.24. The SMILES string of the molecule is CC(C)(C)C(F)C(=O)Oc1ccccc1. The molecule has 0 amide bonds. The second-order valence-electron chi connectivity index (χ2n) is 4.46. The van der Waals surface area contributed by atoms with E-state index in [2.05, 4.69) is 0 Å². The lowest BCUT2D eigenvalue weighted by Crippen LogP contribution is -2.33. The van der Waals surface area contributed by atoms with Gasteiger partial charge < -0.3 is 4.74 Å². The van der Waals surface area contributed by atoms with Gasteiger partial charge in [-0.2, -0.15) is 0 Å². The number of benzene rings is 1. The fourth-order valence-electron chi connectivity index (χ4n) is 1.01. The van der Waals surface area contributed by atoms with Crippen molar-refractivity contribution in [3.8, 4) is 5.75 Å². The van der Waals surface area contributed by atoms with Gasteiger partial charge in [-0.3, -0.25) is 0 Å². The van der Waals surface area contributed by atoms with Crippen molar-refractivity contribution in [2.45, 2.75) is 26.9 Å². The van der Waals surface area contributed by atoms with Crippen molar-refractivity contribution in [1.82, 2.24) is 0 Å². The van der Waals surface area contributed by atoms with E-state index in [1.54, 1.807) is 51.1 Å². The third-order valence-corrected chi connectivity index (χ3v) is 1.93. The van der Waals surface area contributed by atoms with Crippen molar-refractivity contribution in [1.29, 1.82) is 0 Å². The highest BCUT2D eigenvalue weighted by Gasteiger charge is 2.32. The largest absolute Gasteiger partial charge is 0.424 e. The highest BCUT2D eigenvalue weighted by molar-refractivity contribution is 5.77. The van der Waals surface area contributed by atoms with E-state index in [0.717, 1.165) is 0 Å². The Morgan fingerprint density at radius 1 is 1.27 bits per heavy atom. The van der Waals surface area contributed by atoms with E-state index in [1.165, 1.54) is 0 Å². The number of ether oxygens (including phenoxy) is 1. The van der Waals surface area contributed by atoms with Crippen LogP contribution >= 0.6 is 0 Å². The smallest absolute Gasteiger partial charge is 0.346 e. The monoisotopic (exact) mass is 210 g/mol. The number of hydrogen-bond donors (Lipinski definition) is 0. The van der Waals surface area contributed by atoms with E-state index in [1.807, 2.05) is 0 Å². The molecular weight excluding hydrogens is 195 g/mol. The van der Waals surface area contributed by atoms with Gasteiger partial charge in [0.15, 0.2) is 0 Å². The second-order valence-corrected chi connectivity index (χ2v) is 4.46. The minimum atomic E-state index is -1.61. The fourth-order valence-corrected chi connectivity index (χ4v) is 1.01. The number of alkyl halides is 1. The zero-order valence-electron chi connectivity index (χ0n) is 9.16. The van der Waals surface area contributed by atoms with Crippen molar-refractivity contribution in [3.63, 3.8) is 0 Å². The van der Waals surface area contributed by atoms with Crippen molar-refractivity contribution >= 4 is 5.97 Å². The predicted octanol–water partition coefficient (Wildman–Crippen LogP) is 2.98. The van der Waals surface area contributed by atoms with Crippen molar-refractivity contribution in [3.05, 3.63) is 30.3 Å². The maximum absolute atomic E-state index is 13.5. The van der Waals surface area contributed by atoms with Crippen molar-refractivity contribution < 1.29 is 13.9 Å². The Morgan fingerprint density at radius 3 is 2.27 bits per heavy atom. The molecule has 0 radical (unpaired) electrons. The number of esters is 1. The van der Waals surface area contributed by atoms with Gasteiger partial charge in [-0.15, -0.1) is 0 Å². The molecule has 0 heterocycles. The van der Waals surface area contributed by atoms with Crippen LogP contribution in [0, 0.1) is 5.41 Å². The van der Waals surface area contributed by atoms with E-state index >= 15 is 0 Å². The number of para-hydroxylation sites is 1. The van der Waals surface area contributed by atoms with Gasteiger partial charge in [-0.1, -0.05) is 39.0 Å². The summed E-state index contributed by atoms with van der Waals surface area (Å²) < 4.78 is 18.4. The maximum atomic E-state index is 13.5. The van der Waals surface area contributed by atoms with Gasteiger partial charge >= 0.3 is 5.97 Å². The fraction of sp³-hybridized carbons (Fsp3) is 0.417. The first-order valence-corrected chi connectivity index (χ1v) is 4.82. The Kier molecular flexibility index (Phi) is 3.45. The summed E-state index contributed by atoms with van der Waals surface area (Å²) in [6.45, 7) is 4.97. The minimum absolute atomic E-state index is 0.370. The molecule has 0 aliphatic rings. The molecule has 0 spiro atoms. The normalized spacial score (nSPS) is 13.3. The van der Waals surface area contributed by atoms with Crippen LogP contribution in [0.3, 0.4) is 0 Å². The molecule has 82 valence electrons. The second kappa shape index (κ2) is 4.43. The summed E-state index contributed by atoms with van der Waals surface area (Å²) in [5.74, 6) is -0.469. The molecule has 0 fully saturated rings. The van der Waals surface area contributed by atoms with Crippen LogP contribution in [0.2, 0.25) is 0 Å². The van der Waals surface area contributed by atoms with E-state index in [4.69, 9.17) is 4.74 Å². The molecule has 0 saturated carbocycles. The van der Waals surface area contributed by atoms with Crippen LogP contribution in [0.1, 0.15) is 20.8 Å². The highest BCUT2D eigenvalue weighted by atomic mass is 19.1. The number of carbonyl (C=O) groups excluding carboxylic acids is 1. The summed E-state index contributed by atoms with van der Waals surface area (Å²) in [7, 11) is 0. The molecular formula is C12H15FO2. The Morgan fingerprint density at radius 2 is 1.80 bits per heavy atom. The maximum Gasteiger partial charge on any atom is 0.346 e. The molecule has 1 aromatic rings. The molecule has 2 nitrogen and oxygen atoms in total. The molecule has 1 atom stereocenters. The Bertz CT molecular complexity index is 327. The molecule has 0 aliphatic heterocycles. The van der Waals surface area contributed by atoms with Crippen LogP contribution in [-0.2, 0) is 4.79 Å². The molecule has 0 aromatic heterocycles. The van der Waals surface area contributed by atoms with E-state index in [-0.39, 0.29) is 0 Å². The van der Waals surface area contributed by atoms with Gasteiger partial charge in [0.1, 0.15) is 5.75 Å². The Balaban J connectivity index is 2.65. The van der Waals surface area contributed by atoms with Gasteiger partial charge in [0, 0.05) is 5.41 Å². The van der Waals surface area contributed by atoms with E-state index in [9.17, 15) is 9.18 Å². The first-order chi connectivity index (χ1) is 6.91. The van der Waals surface area contributed by atoms with Crippen LogP contribution in [0.4, 0.5) is 4.39 Å². The first kappa shape index (κ1) is 11.7. The summed E-state index contributed by atoms with van der Waals surface area (Å²) in [6, 6.07) is 8.49. The van der Waals surface area contributed by atoms with Crippen molar-refractivity contribution in [2.75, 3.05) is 0 Å². The molecule has 1 rings (SSSR count). The molecule has 0 aliphatic carbocycles. The average Bonchev–Trinajstić information content (AvgIpc) is 2.16. The molecule has 0 saturated heterocycles. The van der Waals surface area contributed by atoms with Crippen molar-refractivity contribution in [2.24, 2.45) is 5.41 Å². The lowest BCUT2D eigenvalue weighted by Gasteiger charge is -2.21. The van der Waals surface area contributed by atoms with Gasteiger partial charge in [0.25, 0.3) is 0 Å². The predicted molar refractivity (Wildman–Crippen MR) is 56.4 cm³/mol. The molecule has 1 unspecified atom stereocenters. The quantitative estimate of drug-likeness (QED) is 0.554. The Hall–Kier alpha value is -1.38. The molecule has 15 heavy (non-hydrogen) atoms. The standard InChI is InChI=1S/C12H15FO2/c1-12(2,3)10(13)11(14)15-9-7-5-4-6-8-9/h4-8,10H,1-3H3. The summed E-state index contributed by atoms with van der Waals surface area (Å²) in [5, 5.41) is 0. The summed E-state index contributed by atoms with van der Waals surface area (Å²) in [6.07, 6.45) is -1.61. The average molecular weight is 210 g/mol. The molecule has 3 heteroatoms. The van der Waals surface area contributed by atoms with E-state index < -0.39 is 17.6 Å². The van der Waals surface area contributed by atoms with Gasteiger partial charge in [0.05, 0.1) is 0 Å².